The zero-order chi connectivity index (χ0) is 19.1. The fourth-order valence-corrected chi connectivity index (χ4v) is 3.03. The Morgan fingerprint density at radius 2 is 1.93 bits per heavy atom. The number of hydrogen-bond donors (Lipinski definition) is 1. The fourth-order valence-electron chi connectivity index (χ4n) is 3.03. The molecular weight excluding hydrogens is 342 g/mol. The Morgan fingerprint density at radius 1 is 1.19 bits per heavy atom. The van der Waals surface area contributed by atoms with Crippen molar-refractivity contribution in [2.24, 2.45) is 0 Å². The third-order valence-electron chi connectivity index (χ3n) is 4.58. The molecule has 1 aliphatic heterocycles. The molecule has 0 bridgehead atoms. The first-order chi connectivity index (χ1) is 13.2. The van der Waals surface area contributed by atoms with Gasteiger partial charge < -0.3 is 15.0 Å². The standard InChI is InChI=1S/C21H23N3O3/c1-27-19-7-4-16(5-8-19)6-9-20(25)23-18-10-13-24(14-11-18)21(26)17-3-2-12-22-15-17/h2-9,12,15,18H,10-11,13-14H2,1H3,(H,23,25)/b9-6+. The van der Waals surface area contributed by atoms with Crippen molar-refractivity contribution < 1.29 is 14.3 Å². The van der Waals surface area contributed by atoms with Gasteiger partial charge in [0.25, 0.3) is 5.91 Å². The number of piperidine rings is 1. The summed E-state index contributed by atoms with van der Waals surface area (Å²) in [5.41, 5.74) is 1.53. The van der Waals surface area contributed by atoms with Crippen LogP contribution in [-0.2, 0) is 4.79 Å². The molecule has 1 fully saturated rings. The Balaban J connectivity index is 1.46. The van der Waals surface area contributed by atoms with Gasteiger partial charge in [0.15, 0.2) is 0 Å². The minimum Gasteiger partial charge on any atom is -0.497 e. The number of ether oxygens (including phenoxy) is 1. The smallest absolute Gasteiger partial charge is 0.255 e. The molecule has 2 amide bonds. The molecule has 1 aromatic carbocycles. The van der Waals surface area contributed by atoms with Crippen LogP contribution in [0.3, 0.4) is 0 Å². The van der Waals surface area contributed by atoms with E-state index < -0.39 is 0 Å². The normalized spacial score (nSPS) is 14.9. The van der Waals surface area contributed by atoms with E-state index in [1.54, 1.807) is 37.7 Å². The number of nitrogens with zero attached hydrogens (tertiary/aromatic N) is 2. The number of methoxy groups -OCH3 is 1. The highest BCUT2D eigenvalue weighted by Crippen LogP contribution is 2.14. The molecule has 0 aliphatic carbocycles. The average Bonchev–Trinajstić information content (AvgIpc) is 2.73. The van der Waals surface area contributed by atoms with Crippen molar-refractivity contribution in [3.63, 3.8) is 0 Å². The van der Waals surface area contributed by atoms with Gasteiger partial charge in [-0.3, -0.25) is 14.6 Å². The van der Waals surface area contributed by atoms with Crippen LogP contribution in [0, 0.1) is 0 Å². The maximum Gasteiger partial charge on any atom is 0.255 e. The molecule has 6 heteroatoms. The molecule has 0 spiro atoms. The van der Waals surface area contributed by atoms with Gasteiger partial charge in [-0.15, -0.1) is 0 Å². The van der Waals surface area contributed by atoms with Crippen molar-refractivity contribution >= 4 is 17.9 Å². The topological polar surface area (TPSA) is 71.5 Å². The van der Waals surface area contributed by atoms with Gasteiger partial charge >= 0.3 is 0 Å². The summed E-state index contributed by atoms with van der Waals surface area (Å²) >= 11 is 0. The molecule has 3 rings (SSSR count). The van der Waals surface area contributed by atoms with Crippen molar-refractivity contribution in [3.05, 3.63) is 66.0 Å². The molecule has 0 unspecified atom stereocenters. The number of rotatable bonds is 5. The SMILES string of the molecule is COc1ccc(/C=C/C(=O)NC2CCN(C(=O)c3cccnc3)CC2)cc1. The second kappa shape index (κ2) is 8.98. The van der Waals surface area contributed by atoms with Crippen LogP contribution in [0.25, 0.3) is 6.08 Å². The van der Waals surface area contributed by atoms with E-state index in [9.17, 15) is 9.59 Å². The lowest BCUT2D eigenvalue weighted by Crippen LogP contribution is -2.46. The quantitative estimate of drug-likeness (QED) is 0.827. The maximum absolute atomic E-state index is 12.4. The predicted molar refractivity (Wildman–Crippen MR) is 103 cm³/mol. The summed E-state index contributed by atoms with van der Waals surface area (Å²) in [6.07, 6.45) is 8.03. The number of aromatic nitrogens is 1. The third-order valence-corrected chi connectivity index (χ3v) is 4.58. The van der Waals surface area contributed by atoms with Crippen LogP contribution in [0.2, 0.25) is 0 Å². The monoisotopic (exact) mass is 365 g/mol. The highest BCUT2D eigenvalue weighted by molar-refractivity contribution is 5.94. The highest BCUT2D eigenvalue weighted by atomic mass is 16.5. The zero-order valence-corrected chi connectivity index (χ0v) is 15.3. The predicted octanol–water partition coefficient (Wildman–Crippen LogP) is 2.52. The van der Waals surface area contributed by atoms with E-state index >= 15 is 0 Å². The Morgan fingerprint density at radius 3 is 2.56 bits per heavy atom. The van der Waals surface area contributed by atoms with Gasteiger partial charge in [0.1, 0.15) is 5.75 Å². The summed E-state index contributed by atoms with van der Waals surface area (Å²) in [7, 11) is 1.62. The highest BCUT2D eigenvalue weighted by Gasteiger charge is 2.24. The van der Waals surface area contributed by atoms with Crippen molar-refractivity contribution in [2.75, 3.05) is 20.2 Å². The summed E-state index contributed by atoms with van der Waals surface area (Å²) in [4.78, 5) is 30.3. The van der Waals surface area contributed by atoms with E-state index in [1.807, 2.05) is 29.2 Å². The number of nitrogens with one attached hydrogen (secondary N) is 1. The van der Waals surface area contributed by atoms with Gasteiger partial charge in [-0.25, -0.2) is 0 Å². The summed E-state index contributed by atoms with van der Waals surface area (Å²) in [5.74, 6) is 0.652. The van der Waals surface area contributed by atoms with Crippen molar-refractivity contribution in [2.45, 2.75) is 18.9 Å². The molecule has 0 radical (unpaired) electrons. The van der Waals surface area contributed by atoms with E-state index in [0.717, 1.165) is 24.2 Å². The van der Waals surface area contributed by atoms with Crippen LogP contribution in [-0.4, -0.2) is 47.9 Å². The Kier molecular flexibility index (Phi) is 6.20. The molecule has 6 nitrogen and oxygen atoms in total. The first-order valence-electron chi connectivity index (χ1n) is 8.97. The third kappa shape index (κ3) is 5.17. The maximum atomic E-state index is 12.4. The average molecular weight is 365 g/mol. The van der Waals surface area contributed by atoms with Gasteiger partial charge in [0.2, 0.25) is 5.91 Å². The van der Waals surface area contributed by atoms with Gasteiger partial charge in [-0.1, -0.05) is 12.1 Å². The molecule has 0 saturated carbocycles. The molecule has 2 aromatic rings. The largest absolute Gasteiger partial charge is 0.497 e. The Bertz CT molecular complexity index is 795. The summed E-state index contributed by atoms with van der Waals surface area (Å²) in [6, 6.07) is 11.1. The van der Waals surface area contributed by atoms with Crippen molar-refractivity contribution in [3.8, 4) is 5.75 Å². The number of amides is 2. The lowest BCUT2D eigenvalue weighted by Gasteiger charge is -2.32. The summed E-state index contributed by atoms with van der Waals surface area (Å²) < 4.78 is 5.11. The van der Waals surface area contributed by atoms with Crippen LogP contribution in [0.4, 0.5) is 0 Å². The fraction of sp³-hybridized carbons (Fsp3) is 0.286. The van der Waals surface area contributed by atoms with Gasteiger partial charge in [-0.2, -0.15) is 0 Å². The molecule has 1 aromatic heterocycles. The number of pyridine rings is 1. The first-order valence-corrected chi connectivity index (χ1v) is 8.97. The first kappa shape index (κ1) is 18.6. The van der Waals surface area contributed by atoms with E-state index in [1.165, 1.54) is 6.08 Å². The number of hydrogen-bond acceptors (Lipinski definition) is 4. The van der Waals surface area contributed by atoms with Crippen LogP contribution in [0.5, 0.6) is 5.75 Å². The number of likely N-dealkylation sites (tertiary alicyclic amines) is 1. The summed E-state index contributed by atoms with van der Waals surface area (Å²) in [6.45, 7) is 1.25. The minimum atomic E-state index is -0.122. The van der Waals surface area contributed by atoms with Gasteiger partial charge in [-0.05, 0) is 48.7 Å². The van der Waals surface area contributed by atoms with Crippen LogP contribution in [0.15, 0.2) is 54.9 Å². The molecule has 0 atom stereocenters. The molecular formula is C21H23N3O3. The molecule has 1 N–H and O–H groups in total. The second-order valence-electron chi connectivity index (χ2n) is 6.42. The lowest BCUT2D eigenvalue weighted by atomic mass is 10.0. The molecule has 140 valence electrons. The second-order valence-corrected chi connectivity index (χ2v) is 6.42. The number of benzene rings is 1. The van der Waals surface area contributed by atoms with Crippen molar-refractivity contribution in [1.82, 2.24) is 15.2 Å². The number of carbonyl (C=O) groups is 2. The van der Waals surface area contributed by atoms with Crippen LogP contribution >= 0.6 is 0 Å². The van der Waals surface area contributed by atoms with Crippen molar-refractivity contribution in [1.29, 1.82) is 0 Å². The Hall–Kier alpha value is -3.15. The van der Waals surface area contributed by atoms with Crippen LogP contribution in [0.1, 0.15) is 28.8 Å². The molecule has 2 heterocycles. The zero-order valence-electron chi connectivity index (χ0n) is 15.3. The molecule has 27 heavy (non-hydrogen) atoms. The van der Waals surface area contributed by atoms with Gasteiger partial charge in [0.05, 0.1) is 12.7 Å². The van der Waals surface area contributed by atoms with Crippen LogP contribution < -0.4 is 10.1 Å². The van der Waals surface area contributed by atoms with Gasteiger partial charge in [0, 0.05) is 37.6 Å². The minimum absolute atomic E-state index is 0.00715. The molecule has 1 saturated heterocycles. The van der Waals surface area contributed by atoms with E-state index in [-0.39, 0.29) is 17.9 Å². The van der Waals surface area contributed by atoms with E-state index in [0.29, 0.717) is 18.7 Å². The van der Waals surface area contributed by atoms with E-state index in [4.69, 9.17) is 4.74 Å². The van der Waals surface area contributed by atoms with E-state index in [2.05, 4.69) is 10.3 Å². The lowest BCUT2D eigenvalue weighted by molar-refractivity contribution is -0.117. The molecule has 1 aliphatic rings. The Labute approximate surface area is 158 Å². The number of carbonyl (C=O) groups excluding carboxylic acids is 2. The summed E-state index contributed by atoms with van der Waals surface area (Å²) in [5, 5.41) is 3.01.